The molecule has 0 aromatic carbocycles. The summed E-state index contributed by atoms with van der Waals surface area (Å²) in [5.74, 6) is 0.0194. The molecule has 0 saturated heterocycles. The quantitative estimate of drug-likeness (QED) is 0.418. The van der Waals surface area contributed by atoms with Crippen LogP contribution in [0, 0.1) is 6.92 Å². The monoisotopic (exact) mass is 443 g/mol. The molecule has 0 bridgehead atoms. The first-order valence-electron chi connectivity index (χ1n) is 12.2. The fraction of sp³-hybridized carbons (Fsp3) is 0.536. The number of carbonyl (C=O) groups excluding carboxylic acids is 1. The Kier molecular flexibility index (Phi) is 17.9. The largest absolute Gasteiger partial charge is 0.293 e. The van der Waals surface area contributed by atoms with Crippen LogP contribution in [0.25, 0.3) is 11.6 Å². The van der Waals surface area contributed by atoms with Crippen molar-refractivity contribution in [2.75, 3.05) is 0 Å². The van der Waals surface area contributed by atoms with Gasteiger partial charge in [-0.05, 0) is 57.4 Å². The third-order valence-corrected chi connectivity index (χ3v) is 4.49. The minimum atomic E-state index is -0.0597. The van der Waals surface area contributed by atoms with Crippen LogP contribution in [0.3, 0.4) is 0 Å². The van der Waals surface area contributed by atoms with Crippen molar-refractivity contribution in [3.8, 4) is 0 Å². The number of nitrogens with zero attached hydrogens (tertiary/aromatic N) is 3. The number of hydrogen-bond acceptors (Lipinski definition) is 3. The Morgan fingerprint density at radius 2 is 1.72 bits per heavy atom. The van der Waals surface area contributed by atoms with E-state index in [1.54, 1.807) is 6.92 Å². The Hall–Kier alpha value is -2.49. The zero-order valence-electron chi connectivity index (χ0n) is 22.7. The fourth-order valence-corrected chi connectivity index (χ4v) is 2.84. The van der Waals surface area contributed by atoms with Gasteiger partial charge in [0.15, 0.2) is 5.78 Å². The van der Waals surface area contributed by atoms with Crippen LogP contribution in [0.2, 0.25) is 0 Å². The molecule has 0 N–H and O–H groups in total. The number of hydrogen-bond donors (Lipinski definition) is 0. The molecule has 32 heavy (non-hydrogen) atoms. The highest BCUT2D eigenvalue weighted by molar-refractivity contribution is 5.93. The number of ketones is 1. The van der Waals surface area contributed by atoms with Crippen LogP contribution in [0.5, 0.6) is 0 Å². The molecule has 0 amide bonds. The molecular formula is C28H49N3O. The van der Waals surface area contributed by atoms with Crippen molar-refractivity contribution in [2.24, 2.45) is 0 Å². The lowest BCUT2D eigenvalue weighted by Crippen LogP contribution is -2.16. The smallest absolute Gasteiger partial charge is 0.177 e. The summed E-state index contributed by atoms with van der Waals surface area (Å²) in [7, 11) is 0. The Balaban J connectivity index is -0.00000101. The number of aryl methyl sites for hydroxylation is 1. The van der Waals surface area contributed by atoms with Gasteiger partial charge in [0.05, 0.1) is 11.7 Å². The Morgan fingerprint density at radius 1 is 1.16 bits per heavy atom. The van der Waals surface area contributed by atoms with Crippen molar-refractivity contribution in [1.29, 1.82) is 0 Å². The molecule has 0 unspecified atom stereocenters. The third kappa shape index (κ3) is 9.33. The second-order valence-corrected chi connectivity index (χ2v) is 6.98. The fourth-order valence-electron chi connectivity index (χ4n) is 2.84. The SMILES string of the molecule is C/C=C(\C)c1cc(C(C)=O)n([C@@H](C)c2ccnc(C)c2/C=C\CC)n1.CC.CC.CCC.[HH]. The number of rotatable bonds is 6. The minimum Gasteiger partial charge on any atom is -0.293 e. The summed E-state index contributed by atoms with van der Waals surface area (Å²) in [5, 5.41) is 4.71. The molecule has 0 aliphatic rings. The van der Waals surface area contributed by atoms with Crippen molar-refractivity contribution in [3.63, 3.8) is 0 Å². The standard InChI is InChI=1S/C21H27N3O.C3H8.2C2H6.H2/c1-7-9-10-18-15(4)22-12-11-19(18)16(5)24-21(17(6)25)13-20(23-24)14(3)8-2;1-3-2;2*1-2;/h8-13,16H,7H2,1-6H3;3H2,1-2H3;2*1-2H3;1H/b10-9-,14-8+;;;;/t16-;;;;/m0..../s1. The van der Waals surface area contributed by atoms with Gasteiger partial charge in [-0.3, -0.25) is 14.5 Å². The van der Waals surface area contributed by atoms with Gasteiger partial charge in [-0.25, -0.2) is 0 Å². The second kappa shape index (κ2) is 18.1. The van der Waals surface area contributed by atoms with E-state index < -0.39 is 0 Å². The summed E-state index contributed by atoms with van der Waals surface area (Å²) < 4.78 is 1.84. The summed E-state index contributed by atoms with van der Waals surface area (Å²) in [4.78, 5) is 16.6. The van der Waals surface area contributed by atoms with Gasteiger partial charge >= 0.3 is 0 Å². The van der Waals surface area contributed by atoms with Gasteiger partial charge in [-0.15, -0.1) is 0 Å². The highest BCUT2D eigenvalue weighted by Crippen LogP contribution is 2.27. The molecule has 0 aliphatic heterocycles. The molecule has 2 rings (SSSR count). The van der Waals surface area contributed by atoms with Crippen LogP contribution in [0.15, 0.2) is 30.5 Å². The van der Waals surface area contributed by atoms with E-state index in [4.69, 9.17) is 5.10 Å². The van der Waals surface area contributed by atoms with E-state index in [-0.39, 0.29) is 13.3 Å². The Bertz CT molecular complexity index is 851. The summed E-state index contributed by atoms with van der Waals surface area (Å²) >= 11 is 0. The molecule has 0 spiro atoms. The molecule has 1 atom stereocenters. The van der Waals surface area contributed by atoms with Crippen LogP contribution in [0.4, 0.5) is 0 Å². The maximum absolute atomic E-state index is 12.1. The lowest BCUT2D eigenvalue weighted by atomic mass is 10.00. The zero-order valence-corrected chi connectivity index (χ0v) is 22.7. The molecule has 2 aromatic heterocycles. The van der Waals surface area contributed by atoms with Gasteiger partial charge < -0.3 is 0 Å². The zero-order chi connectivity index (χ0) is 25.3. The first-order valence-corrected chi connectivity index (χ1v) is 12.2. The van der Waals surface area contributed by atoms with Crippen LogP contribution >= 0.6 is 0 Å². The maximum Gasteiger partial charge on any atom is 0.177 e. The lowest BCUT2D eigenvalue weighted by molar-refractivity contribution is 0.100. The normalized spacial score (nSPS) is 11.4. The number of allylic oxidation sites excluding steroid dienone is 3. The topological polar surface area (TPSA) is 47.8 Å². The first kappa shape index (κ1) is 31.7. The number of aromatic nitrogens is 3. The molecule has 2 aromatic rings. The predicted molar refractivity (Wildman–Crippen MR) is 144 cm³/mol. The highest BCUT2D eigenvalue weighted by Gasteiger charge is 2.20. The van der Waals surface area contributed by atoms with Gasteiger partial charge in [0.2, 0.25) is 0 Å². The van der Waals surface area contributed by atoms with E-state index in [1.807, 2.05) is 77.6 Å². The van der Waals surface area contributed by atoms with Gasteiger partial charge in [-0.2, -0.15) is 5.10 Å². The van der Waals surface area contributed by atoms with Gasteiger partial charge in [0.1, 0.15) is 5.69 Å². The van der Waals surface area contributed by atoms with Gasteiger partial charge in [-0.1, -0.05) is 73.1 Å². The molecule has 4 heteroatoms. The van der Waals surface area contributed by atoms with E-state index in [9.17, 15) is 4.79 Å². The van der Waals surface area contributed by atoms with E-state index in [0.717, 1.165) is 34.5 Å². The third-order valence-electron chi connectivity index (χ3n) is 4.49. The maximum atomic E-state index is 12.1. The second-order valence-electron chi connectivity index (χ2n) is 6.98. The van der Waals surface area contributed by atoms with Crippen LogP contribution < -0.4 is 0 Å². The van der Waals surface area contributed by atoms with Crippen molar-refractivity contribution in [1.82, 2.24) is 14.8 Å². The van der Waals surface area contributed by atoms with E-state index >= 15 is 0 Å². The molecule has 182 valence electrons. The van der Waals surface area contributed by atoms with E-state index in [2.05, 4.69) is 44.8 Å². The molecule has 4 nitrogen and oxygen atoms in total. The van der Waals surface area contributed by atoms with Gasteiger partial charge in [0.25, 0.3) is 0 Å². The predicted octanol–water partition coefficient (Wildman–Crippen LogP) is 8.96. The first-order chi connectivity index (χ1) is 15.3. The molecule has 2 heterocycles. The summed E-state index contributed by atoms with van der Waals surface area (Å²) in [6.45, 7) is 24.0. The summed E-state index contributed by atoms with van der Waals surface area (Å²) in [6, 6.07) is 3.83. The molecule has 0 saturated carbocycles. The van der Waals surface area contributed by atoms with Crippen LogP contribution in [0.1, 0.15) is 129 Å². The summed E-state index contributed by atoms with van der Waals surface area (Å²) in [6.07, 6.45) is 10.3. The van der Waals surface area contributed by atoms with Crippen LogP contribution in [-0.4, -0.2) is 20.5 Å². The van der Waals surface area contributed by atoms with E-state index in [0.29, 0.717) is 5.69 Å². The number of carbonyl (C=O) groups is 1. The molecule has 0 aliphatic carbocycles. The summed E-state index contributed by atoms with van der Waals surface area (Å²) in [5.41, 5.74) is 5.74. The number of pyridine rings is 1. The minimum absolute atomic E-state index is 0. The van der Waals surface area contributed by atoms with Gasteiger partial charge in [0, 0.05) is 25.8 Å². The highest BCUT2D eigenvalue weighted by atomic mass is 16.1. The lowest BCUT2D eigenvalue weighted by Gasteiger charge is -2.18. The molecule has 0 radical (unpaired) electrons. The van der Waals surface area contributed by atoms with E-state index in [1.165, 1.54) is 6.42 Å². The average molecular weight is 444 g/mol. The van der Waals surface area contributed by atoms with Crippen molar-refractivity contribution < 1.29 is 6.22 Å². The van der Waals surface area contributed by atoms with Crippen LogP contribution in [-0.2, 0) is 0 Å². The van der Waals surface area contributed by atoms with Crippen molar-refractivity contribution in [3.05, 3.63) is 58.7 Å². The number of Topliss-reactive ketones (excluding diaryl/α,β-unsaturated/α-hetero) is 1. The Labute approximate surface area is 199 Å². The molecule has 0 fully saturated rings. The molecular weight excluding hydrogens is 394 g/mol. The Morgan fingerprint density at radius 3 is 2.19 bits per heavy atom. The average Bonchev–Trinajstić information content (AvgIpc) is 3.26. The van der Waals surface area contributed by atoms with Crippen molar-refractivity contribution in [2.45, 2.75) is 102 Å². The van der Waals surface area contributed by atoms with Crippen molar-refractivity contribution >= 4 is 17.4 Å².